The van der Waals surface area contributed by atoms with E-state index in [1.54, 1.807) is 40.1 Å². The fourth-order valence-electron chi connectivity index (χ4n) is 7.60. The van der Waals surface area contributed by atoms with Gasteiger partial charge in [0.05, 0.1) is 47.3 Å². The third-order valence-corrected chi connectivity index (χ3v) is 10.2. The summed E-state index contributed by atoms with van der Waals surface area (Å²) in [6.45, 7) is 11.3. The van der Waals surface area contributed by atoms with Crippen LogP contribution >= 0.6 is 0 Å². The van der Waals surface area contributed by atoms with Crippen molar-refractivity contribution < 1.29 is 48.2 Å². The zero-order valence-electron chi connectivity index (χ0n) is 28.6. The molecule has 6 unspecified atom stereocenters. The maximum absolute atomic E-state index is 12.5. The maximum Gasteiger partial charge on any atom is 0.348 e. The van der Waals surface area contributed by atoms with Gasteiger partial charge in [0.15, 0.2) is 17.3 Å². The van der Waals surface area contributed by atoms with E-state index in [1.807, 2.05) is 27.7 Å². The van der Waals surface area contributed by atoms with Crippen molar-refractivity contribution in [1.82, 2.24) is 5.32 Å². The molecule has 3 aromatic carbocycles. The molecule has 0 saturated carbocycles. The highest BCUT2D eigenvalue weighted by atomic mass is 16.7. The van der Waals surface area contributed by atoms with E-state index >= 15 is 0 Å². The highest BCUT2D eigenvalue weighted by Gasteiger charge is 2.52. The Kier molecular flexibility index (Phi) is 9.16. The van der Waals surface area contributed by atoms with Gasteiger partial charge in [-0.3, -0.25) is 4.79 Å². The Morgan fingerprint density at radius 2 is 1.57 bits per heavy atom. The average molecular weight is 682 g/mol. The SMILES string of the molecule is CN[C@@H]1C(OC)C(O)C(C)O[C@@H]1O[C@H]1C(C)OC(C)C(O)C1(C)C.Cc1ccc2oc(=O)c3c(O)c4cccc(=O)c4c4oc(O)c1c2c34. The summed E-state index contributed by atoms with van der Waals surface area (Å²) in [5, 5.41) is 46.2. The minimum atomic E-state index is -0.744. The number of phenolic OH excluding ortho intramolecular Hbond substituents is 1. The summed E-state index contributed by atoms with van der Waals surface area (Å²) < 4.78 is 34.3. The van der Waals surface area contributed by atoms with Gasteiger partial charge in [0, 0.05) is 28.7 Å². The van der Waals surface area contributed by atoms with Gasteiger partial charge in [0.25, 0.3) is 5.95 Å². The predicted molar refractivity (Wildman–Crippen MR) is 181 cm³/mol. The molecular formula is C36H43NO12. The molecule has 2 aromatic heterocycles. The molecule has 0 bridgehead atoms. The number of methoxy groups -OCH3 is 1. The number of aromatic hydroxyl groups is 2. The molecule has 13 heteroatoms. The second-order valence-corrected chi connectivity index (χ2v) is 13.6. The second-order valence-electron chi connectivity index (χ2n) is 13.6. The number of ether oxygens (including phenoxy) is 4. The van der Waals surface area contributed by atoms with Crippen LogP contribution < -0.4 is 16.4 Å². The van der Waals surface area contributed by atoms with Crippen LogP contribution in [0.1, 0.15) is 40.2 Å². The van der Waals surface area contributed by atoms with Crippen molar-refractivity contribution in [2.75, 3.05) is 14.2 Å². The molecule has 0 aliphatic carbocycles. The van der Waals surface area contributed by atoms with Crippen molar-refractivity contribution in [2.24, 2.45) is 5.41 Å². The lowest BCUT2D eigenvalue weighted by Crippen LogP contribution is -2.66. The number of hydrogen-bond donors (Lipinski definition) is 5. The van der Waals surface area contributed by atoms with Gasteiger partial charge in [-0.1, -0.05) is 32.0 Å². The summed E-state index contributed by atoms with van der Waals surface area (Å²) >= 11 is 0. The van der Waals surface area contributed by atoms with Crippen molar-refractivity contribution >= 4 is 43.5 Å². The minimum absolute atomic E-state index is 0.0573. The number of likely N-dealkylation sites (N-methyl/N-ethyl adjacent to an activating group) is 1. The highest BCUT2D eigenvalue weighted by molar-refractivity contribution is 6.28. The number of nitrogens with one attached hydrogen (secondary N) is 1. The lowest BCUT2D eigenvalue weighted by molar-refractivity contribution is -0.320. The minimum Gasteiger partial charge on any atom is -0.506 e. The number of rotatable bonds is 4. The third-order valence-electron chi connectivity index (χ3n) is 10.2. The molecule has 0 radical (unpaired) electrons. The first kappa shape index (κ1) is 35.0. The topological polar surface area (TPSA) is 190 Å². The molecular weight excluding hydrogens is 638 g/mol. The summed E-state index contributed by atoms with van der Waals surface area (Å²) in [5.41, 5.74) is -0.603. The van der Waals surface area contributed by atoms with Gasteiger partial charge in [-0.05, 0) is 52.4 Å². The van der Waals surface area contributed by atoms with E-state index in [-0.39, 0.29) is 74.2 Å². The quantitative estimate of drug-likeness (QED) is 0.105. The van der Waals surface area contributed by atoms with Crippen LogP contribution in [0.2, 0.25) is 0 Å². The van der Waals surface area contributed by atoms with Gasteiger partial charge in [-0.2, -0.15) is 0 Å². The zero-order valence-corrected chi connectivity index (χ0v) is 28.6. The van der Waals surface area contributed by atoms with Gasteiger partial charge in [0.1, 0.15) is 28.9 Å². The van der Waals surface area contributed by atoms with Crippen LogP contribution in [0.15, 0.2) is 48.8 Å². The molecule has 49 heavy (non-hydrogen) atoms. The molecule has 4 heterocycles. The standard InChI is InChI=1S/C19H10O6.C17H33NO6/c1-7-5-6-10-13-11(7)18(22)25-17-12-8(3-2-4-9(12)20)16(21)15(14(13)17)19(23)24-10;1-8-12(19)13(21-7)11(18-6)16(23-8)24-15-10(3)22-9(2)14(20)17(15,4)5/h2-6,21-22H,1H3;8-16,18-20H,1-7H3/t;8?,9?,10?,11-,12?,13?,14?,15+,16-/m.1/s1. The Hall–Kier alpha value is -3.82. The van der Waals surface area contributed by atoms with E-state index in [2.05, 4.69) is 5.32 Å². The van der Waals surface area contributed by atoms with E-state index in [0.29, 0.717) is 16.3 Å². The number of fused-ring (bicyclic) bond motifs is 2. The molecule has 2 saturated heterocycles. The first-order chi connectivity index (χ1) is 23.1. The summed E-state index contributed by atoms with van der Waals surface area (Å²) in [6, 6.07) is 7.30. The molecule has 2 fully saturated rings. The lowest BCUT2D eigenvalue weighted by atomic mass is 9.74. The average Bonchev–Trinajstić information content (AvgIpc) is 3.05. The van der Waals surface area contributed by atoms with Gasteiger partial charge < -0.3 is 53.5 Å². The van der Waals surface area contributed by atoms with Crippen LogP contribution in [-0.4, -0.2) is 89.6 Å². The largest absolute Gasteiger partial charge is 0.506 e. The molecule has 13 nitrogen and oxygen atoms in total. The van der Waals surface area contributed by atoms with Crippen LogP contribution in [0.5, 0.6) is 11.7 Å². The Bertz CT molecular complexity index is 2120. The predicted octanol–water partition coefficient (Wildman–Crippen LogP) is 3.64. The third kappa shape index (κ3) is 5.53. The first-order valence-electron chi connectivity index (χ1n) is 16.2. The summed E-state index contributed by atoms with van der Waals surface area (Å²) in [7, 11) is 3.34. The van der Waals surface area contributed by atoms with Gasteiger partial charge in [-0.15, -0.1) is 0 Å². The van der Waals surface area contributed by atoms with E-state index in [0.717, 1.165) is 0 Å². The fourth-order valence-corrected chi connectivity index (χ4v) is 7.60. The smallest absolute Gasteiger partial charge is 0.348 e. The van der Waals surface area contributed by atoms with E-state index in [4.69, 9.17) is 27.8 Å². The van der Waals surface area contributed by atoms with Gasteiger partial charge in [-0.25, -0.2) is 4.79 Å². The van der Waals surface area contributed by atoms with Crippen molar-refractivity contribution in [3.05, 3.63) is 56.5 Å². The van der Waals surface area contributed by atoms with Crippen molar-refractivity contribution in [2.45, 2.75) is 96.6 Å². The number of hydrogen-bond acceptors (Lipinski definition) is 13. The lowest BCUT2D eigenvalue weighted by Gasteiger charge is -2.51. The highest BCUT2D eigenvalue weighted by Crippen LogP contribution is 2.45. The molecule has 7 rings (SSSR count). The number of aryl methyl sites for hydroxylation is 1. The molecule has 2 aliphatic heterocycles. The normalized spacial score (nSPS) is 30.2. The fraction of sp³-hybridized carbons (Fsp3) is 0.500. The summed E-state index contributed by atoms with van der Waals surface area (Å²) in [4.78, 5) is 24.9. The Morgan fingerprint density at radius 3 is 2.24 bits per heavy atom. The molecule has 0 spiro atoms. The second kappa shape index (κ2) is 12.8. The summed E-state index contributed by atoms with van der Waals surface area (Å²) in [5.74, 6) is -0.708. The maximum atomic E-state index is 12.5. The van der Waals surface area contributed by atoms with Crippen molar-refractivity contribution in [3.8, 4) is 11.7 Å². The molecule has 5 N–H and O–H groups in total. The van der Waals surface area contributed by atoms with Crippen molar-refractivity contribution in [1.29, 1.82) is 0 Å². The molecule has 5 aromatic rings. The van der Waals surface area contributed by atoms with Crippen molar-refractivity contribution in [3.63, 3.8) is 0 Å². The number of phenols is 1. The zero-order chi connectivity index (χ0) is 35.7. The van der Waals surface area contributed by atoms with Crippen LogP contribution in [0.3, 0.4) is 0 Å². The van der Waals surface area contributed by atoms with E-state index < -0.39 is 41.7 Å². The van der Waals surface area contributed by atoms with Gasteiger partial charge >= 0.3 is 5.63 Å². The molecule has 9 atom stereocenters. The molecule has 0 amide bonds. The van der Waals surface area contributed by atoms with E-state index in [9.17, 15) is 30.0 Å². The molecule has 264 valence electrons. The number of aliphatic hydroxyl groups is 2. The number of aliphatic hydroxyl groups excluding tert-OH is 2. The Morgan fingerprint density at radius 1 is 0.857 bits per heavy atom. The van der Waals surface area contributed by atoms with Gasteiger partial charge in [0.2, 0.25) is 0 Å². The van der Waals surface area contributed by atoms with Crippen LogP contribution in [0, 0.1) is 12.3 Å². The van der Waals surface area contributed by atoms with E-state index in [1.165, 1.54) is 18.2 Å². The Labute approximate surface area is 281 Å². The monoisotopic (exact) mass is 681 g/mol. The summed E-state index contributed by atoms with van der Waals surface area (Å²) in [6.07, 6.45) is -3.68. The van der Waals surface area contributed by atoms with Crippen LogP contribution in [-0.2, 0) is 18.9 Å². The number of benzene rings is 3. The Balaban J connectivity index is 0.000000170. The first-order valence-corrected chi connectivity index (χ1v) is 16.2. The molecule has 2 aliphatic rings. The van der Waals surface area contributed by atoms with Crippen LogP contribution in [0.25, 0.3) is 43.5 Å². The van der Waals surface area contributed by atoms with Crippen LogP contribution in [0.4, 0.5) is 0 Å².